The second-order valence-corrected chi connectivity index (χ2v) is 6.52. The molecule has 0 radical (unpaired) electrons. The van der Waals surface area contributed by atoms with Crippen LogP contribution in [0.25, 0.3) is 0 Å². The second kappa shape index (κ2) is 6.93. The van der Waals surface area contributed by atoms with E-state index in [-0.39, 0.29) is 16.5 Å². The Balaban J connectivity index is 2.27. The molecule has 2 rings (SSSR count). The number of hydrogen-bond donors (Lipinski definition) is 1. The van der Waals surface area contributed by atoms with Crippen molar-refractivity contribution >= 4 is 45.6 Å². The van der Waals surface area contributed by atoms with Gasteiger partial charge in [0.1, 0.15) is 6.07 Å². The Bertz CT molecular complexity index is 816. The van der Waals surface area contributed by atoms with E-state index in [1.165, 1.54) is 24.5 Å². The van der Waals surface area contributed by atoms with Crippen LogP contribution in [0.3, 0.4) is 0 Å². The second-order valence-electron chi connectivity index (χ2n) is 4.36. The van der Waals surface area contributed by atoms with Crippen LogP contribution < -0.4 is 5.32 Å². The molecule has 2 aromatic carbocycles. The molecule has 1 unspecified atom stereocenters. The Kier molecular flexibility index (Phi) is 5.19. The van der Waals surface area contributed by atoms with Gasteiger partial charge in [0.2, 0.25) is 0 Å². The molecule has 1 atom stereocenters. The van der Waals surface area contributed by atoms with E-state index in [0.29, 0.717) is 21.2 Å². The fraction of sp³-hybridized carbons (Fsp3) is 0.0667. The highest BCUT2D eigenvalue weighted by Gasteiger charge is 2.11. The van der Waals surface area contributed by atoms with Crippen molar-refractivity contribution in [3.8, 4) is 6.07 Å². The largest absolute Gasteiger partial charge is 0.322 e. The summed E-state index contributed by atoms with van der Waals surface area (Å²) in [6.07, 6.45) is 1.49. The molecule has 0 spiro atoms. The first kappa shape index (κ1) is 16.5. The molecule has 0 aromatic heterocycles. The third-order valence-electron chi connectivity index (χ3n) is 2.85. The smallest absolute Gasteiger partial charge is 0.255 e. The van der Waals surface area contributed by atoms with Crippen LogP contribution >= 0.6 is 23.2 Å². The van der Waals surface area contributed by atoms with E-state index >= 15 is 0 Å². The Morgan fingerprint density at radius 2 is 1.91 bits per heavy atom. The average molecular weight is 353 g/mol. The minimum Gasteiger partial charge on any atom is -0.322 e. The quantitative estimate of drug-likeness (QED) is 0.911. The van der Waals surface area contributed by atoms with Gasteiger partial charge in [0.05, 0.1) is 31.3 Å². The normalized spacial score (nSPS) is 11.5. The monoisotopic (exact) mass is 352 g/mol. The molecule has 1 amide bonds. The van der Waals surface area contributed by atoms with Gasteiger partial charge in [0.15, 0.2) is 0 Å². The Hall–Kier alpha value is -1.87. The Morgan fingerprint density at radius 1 is 1.18 bits per heavy atom. The first-order chi connectivity index (χ1) is 10.4. The molecule has 22 heavy (non-hydrogen) atoms. The third kappa shape index (κ3) is 3.66. The van der Waals surface area contributed by atoms with Gasteiger partial charge in [-0.05, 0) is 36.4 Å². The summed E-state index contributed by atoms with van der Waals surface area (Å²) in [5, 5.41) is 12.4. The number of benzene rings is 2. The summed E-state index contributed by atoms with van der Waals surface area (Å²) in [5.41, 5.74) is 1.03. The van der Waals surface area contributed by atoms with Gasteiger partial charge in [-0.2, -0.15) is 5.26 Å². The molecule has 0 aliphatic carbocycles. The maximum Gasteiger partial charge on any atom is 0.255 e. The molecular formula is C15H10Cl2N2O2S. The number of hydrogen-bond acceptors (Lipinski definition) is 3. The van der Waals surface area contributed by atoms with E-state index in [4.69, 9.17) is 28.5 Å². The lowest BCUT2D eigenvalue weighted by Gasteiger charge is -2.08. The number of halogens is 2. The predicted molar refractivity (Wildman–Crippen MR) is 87.9 cm³/mol. The predicted octanol–water partition coefficient (Wildman–Crippen LogP) is 3.85. The number of rotatable bonds is 3. The molecular weight excluding hydrogens is 343 g/mol. The van der Waals surface area contributed by atoms with E-state index < -0.39 is 10.8 Å². The molecule has 4 nitrogen and oxygen atoms in total. The summed E-state index contributed by atoms with van der Waals surface area (Å²) < 4.78 is 11.5. The number of carbonyl (C=O) groups excluding carboxylic acids is 1. The fourth-order valence-electron chi connectivity index (χ4n) is 1.79. The standard InChI is InChI=1S/C15H10Cl2N2O2S/c1-22(21)14-5-3-11(6-10(14)8-18)19-15(20)9-2-4-12(16)13(17)7-9/h2-7H,1H3,(H,19,20). The third-order valence-corrected chi connectivity index (χ3v) is 4.56. The van der Waals surface area contributed by atoms with Crippen LogP contribution in [0.4, 0.5) is 5.69 Å². The van der Waals surface area contributed by atoms with E-state index in [0.717, 1.165) is 0 Å². The zero-order valence-electron chi connectivity index (χ0n) is 11.4. The van der Waals surface area contributed by atoms with Crippen molar-refractivity contribution < 1.29 is 9.00 Å². The lowest BCUT2D eigenvalue weighted by Crippen LogP contribution is -2.12. The highest BCUT2D eigenvalue weighted by atomic mass is 35.5. The first-order valence-corrected chi connectivity index (χ1v) is 8.37. The van der Waals surface area contributed by atoms with Gasteiger partial charge >= 0.3 is 0 Å². The van der Waals surface area contributed by atoms with E-state index in [1.54, 1.807) is 18.2 Å². The van der Waals surface area contributed by atoms with E-state index in [9.17, 15) is 9.00 Å². The zero-order chi connectivity index (χ0) is 16.3. The van der Waals surface area contributed by atoms with Crippen LogP contribution in [0.1, 0.15) is 15.9 Å². The van der Waals surface area contributed by atoms with Crippen LogP contribution in [0, 0.1) is 11.3 Å². The van der Waals surface area contributed by atoms with Crippen molar-refractivity contribution in [3.05, 3.63) is 57.6 Å². The molecule has 0 aliphatic rings. The Morgan fingerprint density at radius 3 is 2.50 bits per heavy atom. The number of nitrogens with zero attached hydrogens (tertiary/aromatic N) is 1. The fourth-order valence-corrected chi connectivity index (χ4v) is 2.76. The van der Waals surface area contributed by atoms with Crippen LogP contribution in [0.2, 0.25) is 10.0 Å². The molecule has 112 valence electrons. The van der Waals surface area contributed by atoms with Gasteiger partial charge in [0.25, 0.3) is 5.91 Å². The van der Waals surface area contributed by atoms with Gasteiger partial charge in [-0.1, -0.05) is 23.2 Å². The van der Waals surface area contributed by atoms with Crippen LogP contribution in [-0.2, 0) is 10.8 Å². The summed E-state index contributed by atoms with van der Waals surface area (Å²) in [6, 6.07) is 11.1. The lowest BCUT2D eigenvalue weighted by atomic mass is 10.2. The van der Waals surface area contributed by atoms with Crippen molar-refractivity contribution in [2.75, 3.05) is 11.6 Å². The summed E-state index contributed by atoms with van der Waals surface area (Å²) in [5.74, 6) is -0.382. The topological polar surface area (TPSA) is 70.0 Å². The molecule has 0 heterocycles. The van der Waals surface area contributed by atoms with Gasteiger partial charge in [0, 0.05) is 17.5 Å². The van der Waals surface area contributed by atoms with Crippen molar-refractivity contribution in [1.82, 2.24) is 0 Å². The summed E-state index contributed by atoms with van der Waals surface area (Å²) in [4.78, 5) is 12.6. The highest BCUT2D eigenvalue weighted by Crippen LogP contribution is 2.23. The SMILES string of the molecule is CS(=O)c1ccc(NC(=O)c2ccc(Cl)c(Cl)c2)cc1C#N. The van der Waals surface area contributed by atoms with Gasteiger partial charge in [-0.25, -0.2) is 0 Å². The van der Waals surface area contributed by atoms with Crippen molar-refractivity contribution in [2.45, 2.75) is 4.90 Å². The molecule has 7 heteroatoms. The number of carbonyl (C=O) groups is 1. The van der Waals surface area contributed by atoms with Crippen molar-refractivity contribution in [2.24, 2.45) is 0 Å². The Labute approximate surface area is 140 Å². The lowest BCUT2D eigenvalue weighted by molar-refractivity contribution is 0.102. The van der Waals surface area contributed by atoms with Crippen LogP contribution in [0.15, 0.2) is 41.3 Å². The number of anilines is 1. The van der Waals surface area contributed by atoms with Crippen LogP contribution in [-0.4, -0.2) is 16.4 Å². The van der Waals surface area contributed by atoms with Crippen LogP contribution in [0.5, 0.6) is 0 Å². The van der Waals surface area contributed by atoms with Gasteiger partial charge in [-0.3, -0.25) is 9.00 Å². The summed E-state index contributed by atoms with van der Waals surface area (Å²) in [7, 11) is -1.27. The molecule has 1 N–H and O–H groups in total. The van der Waals surface area contributed by atoms with Crippen molar-refractivity contribution in [1.29, 1.82) is 5.26 Å². The van der Waals surface area contributed by atoms with Gasteiger partial charge < -0.3 is 5.32 Å². The average Bonchev–Trinajstić information content (AvgIpc) is 2.49. The van der Waals surface area contributed by atoms with E-state index in [1.807, 2.05) is 6.07 Å². The number of nitrogens with one attached hydrogen (secondary N) is 1. The highest BCUT2D eigenvalue weighted by molar-refractivity contribution is 7.84. The molecule has 2 aromatic rings. The van der Waals surface area contributed by atoms with Crippen molar-refractivity contribution in [3.63, 3.8) is 0 Å². The number of amides is 1. The molecule has 0 saturated heterocycles. The molecule has 0 bridgehead atoms. The molecule has 0 saturated carbocycles. The molecule has 0 aliphatic heterocycles. The maximum absolute atomic E-state index is 12.1. The first-order valence-electron chi connectivity index (χ1n) is 6.06. The zero-order valence-corrected chi connectivity index (χ0v) is 13.7. The molecule has 0 fully saturated rings. The van der Waals surface area contributed by atoms with Gasteiger partial charge in [-0.15, -0.1) is 0 Å². The summed E-state index contributed by atoms with van der Waals surface area (Å²) in [6.45, 7) is 0. The maximum atomic E-state index is 12.1. The minimum absolute atomic E-state index is 0.257. The summed E-state index contributed by atoms with van der Waals surface area (Å²) >= 11 is 11.7. The minimum atomic E-state index is -1.27. The van der Waals surface area contributed by atoms with E-state index in [2.05, 4.69) is 5.32 Å². The number of nitriles is 1.